The monoisotopic (exact) mass is 192 g/mol. The quantitative estimate of drug-likeness (QED) is 0.719. The van der Waals surface area contributed by atoms with Crippen molar-refractivity contribution in [3.63, 3.8) is 0 Å². The minimum atomic E-state index is -0.343. The third kappa shape index (κ3) is 2.76. The number of hydrogen-bond acceptors (Lipinski definition) is 2. The molecule has 1 aromatic carbocycles. The fourth-order valence-electron chi connectivity index (χ4n) is 0.865. The Hall–Kier alpha value is -1.51. The molecule has 3 heteroatoms. The molecule has 0 aliphatic carbocycles. The van der Waals surface area contributed by atoms with Crippen LogP contribution in [0, 0.1) is 6.92 Å². The molecule has 14 heavy (non-hydrogen) atoms. The predicted molar refractivity (Wildman–Crippen MR) is 55.2 cm³/mol. The summed E-state index contributed by atoms with van der Waals surface area (Å²) in [4.78, 5) is 12.8. The summed E-state index contributed by atoms with van der Waals surface area (Å²) >= 11 is 0. The van der Waals surface area contributed by atoms with Crippen LogP contribution in [0.4, 0.5) is 4.79 Å². The molecule has 0 bridgehead atoms. The van der Waals surface area contributed by atoms with E-state index in [4.69, 9.17) is 4.74 Å². The molecule has 0 N–H and O–H groups in total. The molecule has 1 aromatic rings. The van der Waals surface area contributed by atoms with E-state index in [0.717, 1.165) is 5.56 Å². The number of carbonyl (C=O) groups is 1. The summed E-state index contributed by atoms with van der Waals surface area (Å²) in [6, 6.07) is 7.05. The lowest BCUT2D eigenvalue weighted by Crippen LogP contribution is -2.29. The van der Waals surface area contributed by atoms with Crippen LogP contribution in [0.25, 0.3) is 0 Å². The largest absolute Gasteiger partial charge is 0.414 e. The van der Waals surface area contributed by atoms with E-state index in [-0.39, 0.29) is 6.09 Å². The molecule has 0 aliphatic rings. The fourth-order valence-corrected chi connectivity index (χ4v) is 0.865. The summed E-state index contributed by atoms with van der Waals surface area (Å²) in [6.45, 7) is 6.26. The molecule has 0 heterocycles. The molecule has 0 aliphatic heterocycles. The van der Waals surface area contributed by atoms with Gasteiger partial charge in [-0.25, -0.2) is 4.79 Å². The van der Waals surface area contributed by atoms with Crippen molar-refractivity contribution in [1.29, 1.82) is 0 Å². The lowest BCUT2D eigenvalue weighted by atomic mass is 10.2. The van der Waals surface area contributed by atoms with Crippen LogP contribution in [-0.4, -0.2) is 24.6 Å². The van der Waals surface area contributed by atoms with Gasteiger partial charge in [0.15, 0.2) is 0 Å². The molecule has 3 nitrogen and oxygen atoms in total. The number of hydrogen-bond donors (Lipinski definition) is 0. The third-order valence-corrected chi connectivity index (χ3v) is 1.91. The first-order chi connectivity index (χ1) is 6.63. The summed E-state index contributed by atoms with van der Waals surface area (Å²) in [6.07, 6.45) is -0.343. The second-order valence-electron chi connectivity index (χ2n) is 3.03. The van der Waals surface area contributed by atoms with Gasteiger partial charge in [-0.2, -0.15) is 0 Å². The topological polar surface area (TPSA) is 29.5 Å². The molecular formula is C11H14NO2. The van der Waals surface area contributed by atoms with E-state index < -0.39 is 0 Å². The predicted octanol–water partition coefficient (Wildman–Crippen LogP) is 2.32. The summed E-state index contributed by atoms with van der Waals surface area (Å²) in [5, 5.41) is 0. The second-order valence-corrected chi connectivity index (χ2v) is 3.03. The van der Waals surface area contributed by atoms with Crippen molar-refractivity contribution in [3.05, 3.63) is 36.8 Å². The summed E-state index contributed by atoms with van der Waals surface area (Å²) in [7, 11) is 1.69. The maximum absolute atomic E-state index is 11.3. The Morgan fingerprint density at radius 2 is 2.00 bits per heavy atom. The van der Waals surface area contributed by atoms with Crippen LogP contribution in [0.2, 0.25) is 0 Å². The molecule has 1 amide bonds. The number of benzene rings is 1. The third-order valence-electron chi connectivity index (χ3n) is 1.91. The van der Waals surface area contributed by atoms with Crippen molar-refractivity contribution in [1.82, 2.24) is 4.90 Å². The number of amides is 1. The highest BCUT2D eigenvalue weighted by atomic mass is 16.6. The second kappa shape index (κ2) is 4.65. The van der Waals surface area contributed by atoms with Crippen LogP contribution < -0.4 is 4.74 Å². The van der Waals surface area contributed by atoms with Crippen LogP contribution in [-0.2, 0) is 0 Å². The Bertz CT molecular complexity index is 306. The fraction of sp³-hybridized carbons (Fsp3) is 0.273. The molecule has 0 saturated heterocycles. The highest BCUT2D eigenvalue weighted by molar-refractivity contribution is 5.70. The van der Waals surface area contributed by atoms with Crippen molar-refractivity contribution >= 4 is 6.09 Å². The summed E-state index contributed by atoms with van der Waals surface area (Å²) < 4.78 is 5.08. The van der Waals surface area contributed by atoms with Gasteiger partial charge in [-0.3, -0.25) is 0 Å². The highest BCUT2D eigenvalue weighted by Gasteiger charge is 2.08. The van der Waals surface area contributed by atoms with E-state index in [1.54, 1.807) is 31.3 Å². The van der Waals surface area contributed by atoms with Gasteiger partial charge in [0.25, 0.3) is 0 Å². The van der Waals surface area contributed by atoms with E-state index in [1.807, 2.05) is 6.92 Å². The minimum Gasteiger partial charge on any atom is -0.410 e. The van der Waals surface area contributed by atoms with Gasteiger partial charge in [-0.05, 0) is 31.5 Å². The first-order valence-corrected chi connectivity index (χ1v) is 4.48. The number of nitrogens with zero attached hydrogens (tertiary/aromatic N) is 1. The van der Waals surface area contributed by atoms with Gasteiger partial charge >= 0.3 is 6.09 Å². The van der Waals surface area contributed by atoms with Crippen LogP contribution in [0.3, 0.4) is 0 Å². The molecule has 0 aromatic heterocycles. The van der Waals surface area contributed by atoms with Gasteiger partial charge in [-0.1, -0.05) is 12.1 Å². The lowest BCUT2D eigenvalue weighted by molar-refractivity contribution is 0.165. The maximum atomic E-state index is 11.3. The Morgan fingerprint density at radius 3 is 2.50 bits per heavy atom. The summed E-state index contributed by atoms with van der Waals surface area (Å²) in [5.41, 5.74) is 0.897. The van der Waals surface area contributed by atoms with Gasteiger partial charge < -0.3 is 9.64 Å². The van der Waals surface area contributed by atoms with E-state index in [2.05, 4.69) is 6.92 Å². The van der Waals surface area contributed by atoms with Gasteiger partial charge in [0.2, 0.25) is 0 Å². The van der Waals surface area contributed by atoms with Crippen molar-refractivity contribution < 1.29 is 9.53 Å². The zero-order chi connectivity index (χ0) is 10.6. The van der Waals surface area contributed by atoms with Crippen molar-refractivity contribution in [2.45, 2.75) is 6.92 Å². The molecule has 0 unspecified atom stereocenters. The maximum Gasteiger partial charge on any atom is 0.414 e. The molecule has 0 saturated carbocycles. The van der Waals surface area contributed by atoms with Crippen LogP contribution in [0.5, 0.6) is 5.75 Å². The molecule has 0 atom stereocenters. The Labute approximate surface area is 84.3 Å². The number of ether oxygens (including phenoxy) is 1. The average molecular weight is 192 g/mol. The minimum absolute atomic E-state index is 0.343. The van der Waals surface area contributed by atoms with Crippen LogP contribution >= 0.6 is 0 Å². The zero-order valence-electron chi connectivity index (χ0n) is 8.49. The zero-order valence-corrected chi connectivity index (χ0v) is 8.49. The molecular weight excluding hydrogens is 178 g/mol. The van der Waals surface area contributed by atoms with Crippen molar-refractivity contribution in [2.24, 2.45) is 0 Å². The molecule has 1 radical (unpaired) electrons. The average Bonchev–Trinajstić information content (AvgIpc) is 2.20. The van der Waals surface area contributed by atoms with Crippen molar-refractivity contribution in [3.8, 4) is 5.75 Å². The van der Waals surface area contributed by atoms with Gasteiger partial charge in [0.1, 0.15) is 5.75 Å². The Kier molecular flexibility index (Phi) is 3.51. The van der Waals surface area contributed by atoms with Gasteiger partial charge in [0, 0.05) is 13.6 Å². The van der Waals surface area contributed by atoms with Crippen LogP contribution in [0.1, 0.15) is 12.5 Å². The molecule has 0 spiro atoms. The SMILES string of the molecule is [CH2]c1ccc(OC(=O)N(C)CC)cc1. The molecule has 75 valence electrons. The molecule has 1 rings (SSSR count). The lowest BCUT2D eigenvalue weighted by Gasteiger charge is -2.13. The summed E-state index contributed by atoms with van der Waals surface area (Å²) in [5.74, 6) is 0.544. The highest BCUT2D eigenvalue weighted by Crippen LogP contribution is 2.12. The Morgan fingerprint density at radius 1 is 1.43 bits per heavy atom. The first kappa shape index (κ1) is 10.6. The van der Waals surface area contributed by atoms with Gasteiger partial charge in [-0.15, -0.1) is 0 Å². The molecule has 0 fully saturated rings. The van der Waals surface area contributed by atoms with E-state index in [1.165, 1.54) is 4.90 Å². The Balaban J connectivity index is 2.60. The van der Waals surface area contributed by atoms with Crippen molar-refractivity contribution in [2.75, 3.05) is 13.6 Å². The van der Waals surface area contributed by atoms with E-state index in [0.29, 0.717) is 12.3 Å². The van der Waals surface area contributed by atoms with E-state index in [9.17, 15) is 4.79 Å². The smallest absolute Gasteiger partial charge is 0.410 e. The number of carbonyl (C=O) groups excluding carboxylic acids is 1. The normalized spacial score (nSPS) is 9.64. The van der Waals surface area contributed by atoms with Gasteiger partial charge in [0.05, 0.1) is 0 Å². The van der Waals surface area contributed by atoms with E-state index >= 15 is 0 Å². The standard InChI is InChI=1S/C11H14NO2/c1-4-12(3)11(13)14-10-7-5-9(2)6-8-10/h5-8H,2,4H2,1,3H3. The first-order valence-electron chi connectivity index (χ1n) is 4.48. The van der Waals surface area contributed by atoms with Crippen LogP contribution in [0.15, 0.2) is 24.3 Å². The number of rotatable bonds is 2.